The van der Waals surface area contributed by atoms with Gasteiger partial charge in [0.1, 0.15) is 12.2 Å². The zero-order valence-corrected chi connectivity index (χ0v) is 16.3. The van der Waals surface area contributed by atoms with Crippen LogP contribution in [0.2, 0.25) is 0 Å². The van der Waals surface area contributed by atoms with Crippen LogP contribution in [0.1, 0.15) is 12.5 Å². The largest absolute Gasteiger partial charge is 0.504 e. The van der Waals surface area contributed by atoms with Crippen molar-refractivity contribution in [3.63, 3.8) is 0 Å². The molecule has 1 fully saturated rings. The second-order valence-corrected chi connectivity index (χ2v) is 6.39. The molecular weight excluding hydrogens is 408 g/mol. The number of urea groups is 1. The molecule has 1 aliphatic rings. The number of benzene rings is 2. The van der Waals surface area contributed by atoms with Crippen molar-refractivity contribution in [3.8, 4) is 11.5 Å². The first-order valence-corrected chi connectivity index (χ1v) is 9.13. The molecule has 1 saturated heterocycles. The Labute approximate surface area is 176 Å². The van der Waals surface area contributed by atoms with Crippen LogP contribution in [0.5, 0.6) is 11.5 Å². The summed E-state index contributed by atoms with van der Waals surface area (Å²) in [6.45, 7) is 1.55. The standard InChI is InChI=1S/C20H18N4O7/c1-2-31-17-10-12(3-8-16(17)25)9-15-19(27)23(20(28)22-15)11-18(26)21-13-4-6-14(7-5-13)24(29)30/h3-10,25H,2,11H2,1H3,(H,21,26)(H,22,28)/b15-9-. The normalized spacial score (nSPS) is 14.5. The van der Waals surface area contributed by atoms with E-state index in [1.54, 1.807) is 6.92 Å². The molecule has 0 aromatic heterocycles. The number of carbonyl (C=O) groups is 3. The van der Waals surface area contributed by atoms with Crippen LogP contribution in [0.4, 0.5) is 16.2 Å². The highest BCUT2D eigenvalue weighted by Gasteiger charge is 2.35. The van der Waals surface area contributed by atoms with Crippen molar-refractivity contribution in [1.29, 1.82) is 0 Å². The summed E-state index contributed by atoms with van der Waals surface area (Å²) in [5.74, 6) is -1.18. The molecule has 3 rings (SSSR count). The second-order valence-electron chi connectivity index (χ2n) is 6.39. The Morgan fingerprint density at radius 3 is 2.61 bits per heavy atom. The molecule has 1 heterocycles. The molecular formula is C20H18N4O7. The molecule has 0 spiro atoms. The number of hydrogen-bond acceptors (Lipinski definition) is 7. The van der Waals surface area contributed by atoms with Gasteiger partial charge in [-0.15, -0.1) is 0 Å². The number of phenols is 1. The summed E-state index contributed by atoms with van der Waals surface area (Å²) >= 11 is 0. The lowest BCUT2D eigenvalue weighted by Crippen LogP contribution is -2.38. The summed E-state index contributed by atoms with van der Waals surface area (Å²) < 4.78 is 5.29. The monoisotopic (exact) mass is 426 g/mol. The summed E-state index contributed by atoms with van der Waals surface area (Å²) in [7, 11) is 0. The van der Waals surface area contributed by atoms with E-state index >= 15 is 0 Å². The number of imide groups is 1. The van der Waals surface area contributed by atoms with Crippen LogP contribution in [0, 0.1) is 10.1 Å². The van der Waals surface area contributed by atoms with Gasteiger partial charge in [0.05, 0.1) is 11.5 Å². The number of nitro groups is 1. The topological polar surface area (TPSA) is 151 Å². The Morgan fingerprint density at radius 1 is 1.26 bits per heavy atom. The van der Waals surface area contributed by atoms with Gasteiger partial charge < -0.3 is 20.5 Å². The van der Waals surface area contributed by atoms with Gasteiger partial charge in [0.15, 0.2) is 11.5 Å². The summed E-state index contributed by atoms with van der Waals surface area (Å²) in [6, 6.07) is 8.80. The van der Waals surface area contributed by atoms with E-state index in [1.807, 2.05) is 0 Å². The van der Waals surface area contributed by atoms with Crippen LogP contribution in [-0.4, -0.2) is 45.9 Å². The van der Waals surface area contributed by atoms with Gasteiger partial charge in [-0.2, -0.15) is 0 Å². The predicted octanol–water partition coefficient (Wildman–Crippen LogP) is 2.23. The van der Waals surface area contributed by atoms with Crippen molar-refractivity contribution in [2.45, 2.75) is 6.92 Å². The zero-order valence-electron chi connectivity index (χ0n) is 16.3. The van der Waals surface area contributed by atoms with E-state index in [4.69, 9.17) is 4.74 Å². The summed E-state index contributed by atoms with van der Waals surface area (Å²) in [5.41, 5.74) is 0.609. The number of ether oxygens (including phenoxy) is 1. The first-order valence-electron chi connectivity index (χ1n) is 9.13. The van der Waals surface area contributed by atoms with E-state index in [0.717, 1.165) is 4.90 Å². The molecule has 0 saturated carbocycles. The number of anilines is 1. The van der Waals surface area contributed by atoms with E-state index in [0.29, 0.717) is 12.2 Å². The highest BCUT2D eigenvalue weighted by atomic mass is 16.6. The van der Waals surface area contributed by atoms with E-state index in [9.17, 15) is 29.6 Å². The number of phenolic OH excluding ortho intramolecular Hbond substituents is 1. The molecule has 4 amide bonds. The number of nitrogens with one attached hydrogen (secondary N) is 2. The maximum atomic E-state index is 12.5. The molecule has 2 aromatic rings. The van der Waals surface area contributed by atoms with E-state index in [-0.39, 0.29) is 28.6 Å². The molecule has 11 heteroatoms. The minimum Gasteiger partial charge on any atom is -0.504 e. The summed E-state index contributed by atoms with van der Waals surface area (Å²) in [4.78, 5) is 47.7. The first-order chi connectivity index (χ1) is 14.8. The van der Waals surface area contributed by atoms with Crippen molar-refractivity contribution in [2.24, 2.45) is 0 Å². The zero-order chi connectivity index (χ0) is 22.5. The van der Waals surface area contributed by atoms with Crippen LogP contribution >= 0.6 is 0 Å². The van der Waals surface area contributed by atoms with Crippen LogP contribution in [0.15, 0.2) is 48.2 Å². The maximum Gasteiger partial charge on any atom is 0.329 e. The molecule has 3 N–H and O–H groups in total. The van der Waals surface area contributed by atoms with Gasteiger partial charge >= 0.3 is 6.03 Å². The Bertz CT molecular complexity index is 1080. The predicted molar refractivity (Wildman–Crippen MR) is 109 cm³/mol. The Morgan fingerprint density at radius 2 is 1.97 bits per heavy atom. The van der Waals surface area contributed by atoms with Gasteiger partial charge in [0.25, 0.3) is 11.6 Å². The van der Waals surface area contributed by atoms with Gasteiger partial charge in [-0.25, -0.2) is 9.69 Å². The SMILES string of the molecule is CCOc1cc(/C=C2\NC(=O)N(CC(=O)Nc3ccc([N+](=O)[O-])cc3)C2=O)ccc1O. The van der Waals surface area contributed by atoms with E-state index in [1.165, 1.54) is 48.5 Å². The average molecular weight is 426 g/mol. The third kappa shape index (κ3) is 4.96. The van der Waals surface area contributed by atoms with Gasteiger partial charge in [0, 0.05) is 17.8 Å². The molecule has 0 bridgehead atoms. The lowest BCUT2D eigenvalue weighted by molar-refractivity contribution is -0.384. The van der Waals surface area contributed by atoms with Crippen molar-refractivity contribution >= 4 is 35.3 Å². The fourth-order valence-corrected chi connectivity index (χ4v) is 2.78. The Balaban J connectivity index is 1.68. The molecule has 11 nitrogen and oxygen atoms in total. The van der Waals surface area contributed by atoms with Crippen LogP contribution < -0.4 is 15.4 Å². The van der Waals surface area contributed by atoms with E-state index in [2.05, 4.69) is 10.6 Å². The van der Waals surface area contributed by atoms with E-state index < -0.39 is 29.3 Å². The summed E-state index contributed by atoms with van der Waals surface area (Å²) in [6.07, 6.45) is 1.40. The average Bonchev–Trinajstić information content (AvgIpc) is 2.98. The van der Waals surface area contributed by atoms with Crippen molar-refractivity contribution in [1.82, 2.24) is 10.2 Å². The van der Waals surface area contributed by atoms with Gasteiger partial charge in [-0.05, 0) is 42.8 Å². The molecule has 160 valence electrons. The van der Waals surface area contributed by atoms with Gasteiger partial charge in [0.2, 0.25) is 5.91 Å². The highest BCUT2D eigenvalue weighted by molar-refractivity contribution is 6.15. The molecule has 2 aromatic carbocycles. The molecule has 0 unspecified atom stereocenters. The minimum absolute atomic E-state index is 0.0405. The lowest BCUT2D eigenvalue weighted by Gasteiger charge is -2.11. The highest BCUT2D eigenvalue weighted by Crippen LogP contribution is 2.28. The van der Waals surface area contributed by atoms with Crippen LogP contribution in [0.3, 0.4) is 0 Å². The Hall–Kier alpha value is -4.41. The number of nitrogens with zero attached hydrogens (tertiary/aromatic N) is 2. The third-order valence-electron chi connectivity index (χ3n) is 4.22. The minimum atomic E-state index is -0.765. The number of carbonyl (C=O) groups excluding carboxylic acids is 3. The number of nitro benzene ring substituents is 1. The number of non-ortho nitro benzene ring substituents is 1. The number of hydrogen-bond donors (Lipinski definition) is 3. The smallest absolute Gasteiger partial charge is 0.329 e. The first kappa shape index (κ1) is 21.3. The lowest BCUT2D eigenvalue weighted by atomic mass is 10.1. The maximum absolute atomic E-state index is 12.5. The van der Waals surface area contributed by atoms with Gasteiger partial charge in [-0.3, -0.25) is 19.7 Å². The Kier molecular flexibility index (Phi) is 6.15. The fraction of sp³-hybridized carbons (Fsp3) is 0.150. The van der Waals surface area contributed by atoms with Gasteiger partial charge in [-0.1, -0.05) is 6.07 Å². The number of amides is 4. The quantitative estimate of drug-likeness (QED) is 0.266. The second kappa shape index (κ2) is 8.95. The molecule has 0 aliphatic carbocycles. The third-order valence-corrected chi connectivity index (χ3v) is 4.22. The van der Waals surface area contributed by atoms with Crippen molar-refractivity contribution < 1.29 is 29.2 Å². The van der Waals surface area contributed by atoms with Crippen LogP contribution in [-0.2, 0) is 9.59 Å². The number of aromatic hydroxyl groups is 1. The molecule has 0 radical (unpaired) electrons. The van der Waals surface area contributed by atoms with Crippen molar-refractivity contribution in [3.05, 3.63) is 63.8 Å². The molecule has 0 atom stereocenters. The van der Waals surface area contributed by atoms with Crippen LogP contribution in [0.25, 0.3) is 6.08 Å². The fourth-order valence-electron chi connectivity index (χ4n) is 2.78. The summed E-state index contributed by atoms with van der Waals surface area (Å²) in [5, 5.41) is 25.3. The van der Waals surface area contributed by atoms with Crippen molar-refractivity contribution in [2.75, 3.05) is 18.5 Å². The number of rotatable bonds is 7. The molecule has 1 aliphatic heterocycles. The molecule has 31 heavy (non-hydrogen) atoms.